The Hall–Kier alpha value is -0.240. The Bertz CT molecular complexity index is 83.1. The second-order valence-corrected chi connectivity index (χ2v) is 2.71. The highest BCUT2D eigenvalue weighted by molar-refractivity contribution is 6.20. The molecule has 0 aromatic rings. The molecule has 0 N–H and O–H groups in total. The third kappa shape index (κ3) is 4.28. The highest BCUT2D eigenvalue weighted by Crippen LogP contribution is 2.08. The minimum atomic E-state index is -0.0913. The first-order valence-electron chi connectivity index (χ1n) is 2.81. The van der Waals surface area contributed by atoms with Gasteiger partial charge in [0.2, 0.25) is 0 Å². The van der Waals surface area contributed by atoms with E-state index in [1.54, 1.807) is 0 Å². The van der Waals surface area contributed by atoms with Gasteiger partial charge in [-0.05, 0) is 5.92 Å². The summed E-state index contributed by atoms with van der Waals surface area (Å²) < 4.78 is 4.32. The Kier molecular flexibility index (Phi) is 4.50. The number of carbonyl (C=O) groups excluding carboxylic acids is 1. The van der Waals surface area contributed by atoms with Crippen LogP contribution in [0.15, 0.2) is 0 Å². The molecule has 0 aliphatic rings. The normalized spacial score (nSPS) is 13.3. The first-order valence-corrected chi connectivity index (χ1v) is 3.25. The zero-order valence-corrected chi connectivity index (χ0v) is 6.31. The molecule has 3 heteroatoms. The van der Waals surface area contributed by atoms with E-state index in [0.29, 0.717) is 5.92 Å². The molecule has 1 radical (unpaired) electrons. The van der Waals surface area contributed by atoms with Gasteiger partial charge in [-0.2, -0.15) is 0 Å². The van der Waals surface area contributed by atoms with Gasteiger partial charge in [-0.3, -0.25) is 0 Å². The molecule has 0 rings (SSSR count). The largest absolute Gasteiger partial charge is 0.456 e. The van der Waals surface area contributed by atoms with E-state index < -0.39 is 0 Å². The van der Waals surface area contributed by atoms with Crippen molar-refractivity contribution in [2.75, 3.05) is 6.61 Å². The number of halogens is 1. The van der Waals surface area contributed by atoms with Crippen LogP contribution in [-0.2, 0) is 9.53 Å². The van der Waals surface area contributed by atoms with E-state index in [1.807, 2.05) is 13.8 Å². The summed E-state index contributed by atoms with van der Waals surface area (Å²) in [4.78, 5) is 9.53. The van der Waals surface area contributed by atoms with Crippen molar-refractivity contribution in [3.8, 4) is 0 Å². The summed E-state index contributed by atoms with van der Waals surface area (Å²) in [6, 6.07) is 0. The van der Waals surface area contributed by atoms with Crippen LogP contribution in [0, 0.1) is 5.92 Å². The van der Waals surface area contributed by atoms with Gasteiger partial charge in [0.1, 0.15) is 6.61 Å². The van der Waals surface area contributed by atoms with Crippen molar-refractivity contribution in [3.63, 3.8) is 0 Å². The molecule has 0 spiro atoms. The Morgan fingerprint density at radius 3 is 2.56 bits per heavy atom. The lowest BCUT2D eigenvalue weighted by atomic mass is 10.1. The minimum Gasteiger partial charge on any atom is -0.456 e. The summed E-state index contributed by atoms with van der Waals surface area (Å²) in [6.07, 6.45) is 0. The van der Waals surface area contributed by atoms with Gasteiger partial charge in [0.15, 0.2) is 0 Å². The zero-order valence-electron chi connectivity index (χ0n) is 5.56. The molecule has 0 heterocycles. The van der Waals surface area contributed by atoms with Crippen LogP contribution in [0.2, 0.25) is 0 Å². The maximum Gasteiger partial charge on any atom is 0.417 e. The van der Waals surface area contributed by atoms with Crippen LogP contribution in [-0.4, -0.2) is 18.5 Å². The van der Waals surface area contributed by atoms with E-state index in [9.17, 15) is 4.79 Å². The molecule has 0 amide bonds. The second-order valence-electron chi connectivity index (χ2n) is 2.15. The molecule has 0 aromatic heterocycles. The molecule has 0 fully saturated rings. The Morgan fingerprint density at radius 2 is 2.22 bits per heavy atom. The first-order chi connectivity index (χ1) is 4.18. The third-order valence-electron chi connectivity index (χ3n) is 1.02. The lowest BCUT2D eigenvalue weighted by molar-refractivity contribution is 0.261. The maximum atomic E-state index is 9.53. The van der Waals surface area contributed by atoms with Crippen LogP contribution in [0.4, 0.5) is 0 Å². The van der Waals surface area contributed by atoms with Crippen LogP contribution < -0.4 is 0 Å². The smallest absolute Gasteiger partial charge is 0.417 e. The number of hydrogen-bond donors (Lipinski definition) is 0. The van der Waals surface area contributed by atoms with Gasteiger partial charge in [0, 0.05) is 0 Å². The molecular weight excluding hydrogens is 140 g/mol. The number of hydrogen-bond acceptors (Lipinski definition) is 2. The second kappa shape index (κ2) is 4.62. The lowest BCUT2D eigenvalue weighted by Crippen LogP contribution is -2.14. The van der Waals surface area contributed by atoms with E-state index in [1.165, 1.54) is 6.47 Å². The Morgan fingerprint density at radius 1 is 1.67 bits per heavy atom. The quantitative estimate of drug-likeness (QED) is 0.564. The van der Waals surface area contributed by atoms with Crippen molar-refractivity contribution in [1.29, 1.82) is 0 Å². The highest BCUT2D eigenvalue weighted by Gasteiger charge is 2.08. The van der Waals surface area contributed by atoms with Gasteiger partial charge >= 0.3 is 6.47 Å². The van der Waals surface area contributed by atoms with Crippen molar-refractivity contribution >= 4 is 18.1 Å². The molecular formula is C6H10ClO2. The summed E-state index contributed by atoms with van der Waals surface area (Å²) in [5.74, 6) is 0.333. The van der Waals surface area contributed by atoms with Gasteiger partial charge in [-0.1, -0.05) is 13.8 Å². The summed E-state index contributed by atoms with van der Waals surface area (Å²) >= 11 is 5.69. The van der Waals surface area contributed by atoms with Crippen molar-refractivity contribution in [2.24, 2.45) is 5.92 Å². The molecule has 9 heavy (non-hydrogen) atoms. The molecule has 0 saturated heterocycles. The minimum absolute atomic E-state index is 0.0913. The molecule has 1 unspecified atom stereocenters. The Labute approximate surface area is 60.1 Å². The fourth-order valence-electron chi connectivity index (χ4n) is 0.306. The van der Waals surface area contributed by atoms with Gasteiger partial charge in [0.25, 0.3) is 0 Å². The summed E-state index contributed by atoms with van der Waals surface area (Å²) in [5, 5.41) is -0.0913. The number of rotatable bonds is 4. The number of ether oxygens (including phenoxy) is 1. The molecule has 0 aliphatic carbocycles. The van der Waals surface area contributed by atoms with E-state index in [4.69, 9.17) is 11.6 Å². The van der Waals surface area contributed by atoms with E-state index in [-0.39, 0.29) is 12.0 Å². The lowest BCUT2D eigenvalue weighted by Gasteiger charge is -2.09. The first kappa shape index (κ1) is 8.76. The van der Waals surface area contributed by atoms with Crippen LogP contribution in [0.3, 0.4) is 0 Å². The third-order valence-corrected chi connectivity index (χ3v) is 1.65. The van der Waals surface area contributed by atoms with E-state index in [0.717, 1.165) is 0 Å². The van der Waals surface area contributed by atoms with Gasteiger partial charge in [0.05, 0.1) is 5.38 Å². The van der Waals surface area contributed by atoms with Crippen molar-refractivity contribution < 1.29 is 9.53 Å². The predicted molar refractivity (Wildman–Crippen MR) is 36.1 cm³/mol. The monoisotopic (exact) mass is 149 g/mol. The highest BCUT2D eigenvalue weighted by atomic mass is 35.5. The van der Waals surface area contributed by atoms with Gasteiger partial charge < -0.3 is 4.74 Å². The van der Waals surface area contributed by atoms with Crippen LogP contribution in [0.1, 0.15) is 13.8 Å². The fraction of sp³-hybridized carbons (Fsp3) is 0.833. The topological polar surface area (TPSA) is 26.3 Å². The maximum absolute atomic E-state index is 9.53. The number of alkyl halides is 1. The van der Waals surface area contributed by atoms with E-state index in [2.05, 4.69) is 4.74 Å². The molecule has 0 bridgehead atoms. The standard InChI is InChI=1S/C6H10ClO2/c1-5(2)6(7)3-9-4-8/h5-6H,3H2,1-2H3. The van der Waals surface area contributed by atoms with Crippen LogP contribution in [0.5, 0.6) is 0 Å². The predicted octanol–water partition coefficient (Wildman–Crippen LogP) is 1.33. The molecule has 1 atom stereocenters. The average molecular weight is 150 g/mol. The fourth-order valence-corrected chi connectivity index (χ4v) is 0.369. The summed E-state index contributed by atoms with van der Waals surface area (Å²) in [7, 11) is 0. The summed E-state index contributed by atoms with van der Waals surface area (Å²) in [6.45, 7) is 5.50. The average Bonchev–Trinajstić information content (AvgIpc) is 1.82. The van der Waals surface area contributed by atoms with Crippen molar-refractivity contribution in [2.45, 2.75) is 19.2 Å². The zero-order chi connectivity index (χ0) is 7.28. The summed E-state index contributed by atoms with van der Waals surface area (Å²) in [5.41, 5.74) is 0. The molecule has 0 aliphatic heterocycles. The van der Waals surface area contributed by atoms with Crippen molar-refractivity contribution in [3.05, 3.63) is 0 Å². The van der Waals surface area contributed by atoms with Gasteiger partial charge in [-0.25, -0.2) is 4.79 Å². The van der Waals surface area contributed by atoms with Crippen LogP contribution in [0.25, 0.3) is 0 Å². The Balaban J connectivity index is 3.26. The van der Waals surface area contributed by atoms with E-state index >= 15 is 0 Å². The SMILES string of the molecule is CC(C)C(Cl)CO[C]=O. The molecule has 53 valence electrons. The van der Waals surface area contributed by atoms with Gasteiger partial charge in [-0.15, -0.1) is 11.6 Å². The molecule has 2 nitrogen and oxygen atoms in total. The van der Waals surface area contributed by atoms with Crippen molar-refractivity contribution in [1.82, 2.24) is 0 Å². The molecule has 0 saturated carbocycles. The van der Waals surface area contributed by atoms with Crippen LogP contribution >= 0.6 is 11.6 Å². The molecule has 0 aromatic carbocycles.